The van der Waals surface area contributed by atoms with Crippen molar-refractivity contribution >= 4 is 11.6 Å². The van der Waals surface area contributed by atoms with Crippen molar-refractivity contribution in [3.05, 3.63) is 23.7 Å². The highest BCUT2D eigenvalue weighted by atomic mass is 35.5. The zero-order chi connectivity index (χ0) is 7.84. The number of furan rings is 1. The maximum Gasteiger partial charge on any atom is 0.118 e. The van der Waals surface area contributed by atoms with Gasteiger partial charge in [0.2, 0.25) is 0 Å². The average Bonchev–Trinajstić information content (AvgIpc) is 2.59. The van der Waals surface area contributed by atoms with Crippen molar-refractivity contribution in [1.29, 1.82) is 0 Å². The summed E-state index contributed by atoms with van der Waals surface area (Å²) in [6.45, 7) is 2.24. The maximum atomic E-state index is 5.61. The molecule has 0 aliphatic heterocycles. The standard InChI is InChI=1S/C9H11ClO/c1-6-4-8(6)9-3-2-7(5-10)11-9/h2-3,6,8H,4-5H2,1H3. The molecule has 1 aliphatic carbocycles. The van der Waals surface area contributed by atoms with E-state index < -0.39 is 0 Å². The highest BCUT2D eigenvalue weighted by Crippen LogP contribution is 2.47. The van der Waals surface area contributed by atoms with E-state index >= 15 is 0 Å². The molecule has 1 heterocycles. The molecular weight excluding hydrogens is 160 g/mol. The van der Waals surface area contributed by atoms with E-state index in [-0.39, 0.29) is 0 Å². The molecule has 1 saturated carbocycles. The molecule has 0 N–H and O–H groups in total. The molecule has 0 aromatic carbocycles. The quantitative estimate of drug-likeness (QED) is 0.622. The van der Waals surface area contributed by atoms with Gasteiger partial charge in [0.1, 0.15) is 11.5 Å². The third-order valence-corrected chi connectivity index (χ3v) is 2.55. The number of alkyl halides is 1. The highest BCUT2D eigenvalue weighted by Gasteiger charge is 2.36. The summed E-state index contributed by atoms with van der Waals surface area (Å²) >= 11 is 5.61. The van der Waals surface area contributed by atoms with Crippen molar-refractivity contribution in [2.24, 2.45) is 5.92 Å². The van der Waals surface area contributed by atoms with Crippen LogP contribution in [0, 0.1) is 5.92 Å². The third-order valence-electron chi connectivity index (χ3n) is 2.29. The van der Waals surface area contributed by atoms with E-state index in [1.807, 2.05) is 12.1 Å². The number of halogens is 1. The molecule has 2 heteroatoms. The Labute approximate surface area is 71.3 Å². The van der Waals surface area contributed by atoms with Crippen LogP contribution >= 0.6 is 11.6 Å². The molecule has 60 valence electrons. The second-order valence-corrected chi connectivity index (χ2v) is 3.52. The smallest absolute Gasteiger partial charge is 0.118 e. The van der Waals surface area contributed by atoms with Crippen LogP contribution in [0.2, 0.25) is 0 Å². The van der Waals surface area contributed by atoms with Gasteiger partial charge in [-0.05, 0) is 24.5 Å². The molecular formula is C9H11ClO. The Hall–Kier alpha value is -0.430. The topological polar surface area (TPSA) is 13.1 Å². The van der Waals surface area contributed by atoms with Crippen molar-refractivity contribution in [2.45, 2.75) is 25.1 Å². The molecule has 1 aromatic heterocycles. The van der Waals surface area contributed by atoms with Gasteiger partial charge in [-0.25, -0.2) is 0 Å². The number of rotatable bonds is 2. The number of hydrogen-bond donors (Lipinski definition) is 0. The summed E-state index contributed by atoms with van der Waals surface area (Å²) in [5.74, 6) is 3.98. The summed E-state index contributed by atoms with van der Waals surface area (Å²) in [5, 5.41) is 0. The van der Waals surface area contributed by atoms with Crippen LogP contribution in [0.1, 0.15) is 30.8 Å². The largest absolute Gasteiger partial charge is 0.465 e. The molecule has 1 fully saturated rings. The van der Waals surface area contributed by atoms with Gasteiger partial charge in [0, 0.05) is 5.92 Å². The van der Waals surface area contributed by atoms with Gasteiger partial charge >= 0.3 is 0 Å². The van der Waals surface area contributed by atoms with Crippen molar-refractivity contribution in [3.8, 4) is 0 Å². The Bertz CT molecular complexity index is 254. The fraction of sp³-hybridized carbons (Fsp3) is 0.556. The summed E-state index contributed by atoms with van der Waals surface area (Å²) in [6, 6.07) is 4.01. The molecule has 2 atom stereocenters. The zero-order valence-corrected chi connectivity index (χ0v) is 7.27. The SMILES string of the molecule is CC1CC1c1ccc(CCl)o1. The van der Waals surface area contributed by atoms with Crippen LogP contribution in [0.4, 0.5) is 0 Å². The average molecular weight is 171 g/mol. The van der Waals surface area contributed by atoms with Gasteiger partial charge < -0.3 is 4.42 Å². The van der Waals surface area contributed by atoms with Crippen molar-refractivity contribution in [2.75, 3.05) is 0 Å². The van der Waals surface area contributed by atoms with Gasteiger partial charge in [-0.15, -0.1) is 11.6 Å². The number of hydrogen-bond acceptors (Lipinski definition) is 1. The van der Waals surface area contributed by atoms with Crippen LogP contribution in [0.3, 0.4) is 0 Å². The first-order valence-electron chi connectivity index (χ1n) is 3.96. The normalized spacial score (nSPS) is 28.9. The highest BCUT2D eigenvalue weighted by molar-refractivity contribution is 6.16. The van der Waals surface area contributed by atoms with Crippen LogP contribution in [0.15, 0.2) is 16.5 Å². The first-order valence-corrected chi connectivity index (χ1v) is 4.49. The van der Waals surface area contributed by atoms with Crippen LogP contribution in [-0.2, 0) is 5.88 Å². The minimum absolute atomic E-state index is 0.487. The molecule has 11 heavy (non-hydrogen) atoms. The van der Waals surface area contributed by atoms with E-state index in [0.29, 0.717) is 11.8 Å². The maximum absolute atomic E-state index is 5.61. The Balaban J connectivity index is 2.13. The van der Waals surface area contributed by atoms with E-state index in [0.717, 1.165) is 17.4 Å². The second kappa shape index (κ2) is 2.56. The molecule has 0 amide bonds. The molecule has 1 aliphatic rings. The van der Waals surface area contributed by atoms with Gasteiger partial charge in [0.05, 0.1) is 5.88 Å². The summed E-state index contributed by atoms with van der Waals surface area (Å²) in [7, 11) is 0. The van der Waals surface area contributed by atoms with E-state index in [1.165, 1.54) is 6.42 Å². The van der Waals surface area contributed by atoms with Gasteiger partial charge in [-0.2, -0.15) is 0 Å². The van der Waals surface area contributed by atoms with Gasteiger partial charge in [0.15, 0.2) is 0 Å². The minimum atomic E-state index is 0.487. The van der Waals surface area contributed by atoms with Gasteiger partial charge in [-0.1, -0.05) is 6.92 Å². The lowest BCUT2D eigenvalue weighted by molar-refractivity contribution is 0.476. The predicted molar refractivity (Wildman–Crippen MR) is 44.8 cm³/mol. The monoisotopic (exact) mass is 170 g/mol. The van der Waals surface area contributed by atoms with E-state index in [9.17, 15) is 0 Å². The molecule has 0 saturated heterocycles. The van der Waals surface area contributed by atoms with E-state index in [1.54, 1.807) is 0 Å². The predicted octanol–water partition coefficient (Wildman–Crippen LogP) is 3.14. The van der Waals surface area contributed by atoms with Crippen molar-refractivity contribution < 1.29 is 4.42 Å². The molecule has 2 unspecified atom stereocenters. The van der Waals surface area contributed by atoms with Crippen molar-refractivity contribution in [1.82, 2.24) is 0 Å². The van der Waals surface area contributed by atoms with E-state index in [4.69, 9.17) is 16.0 Å². The van der Waals surface area contributed by atoms with Crippen LogP contribution in [-0.4, -0.2) is 0 Å². The fourth-order valence-corrected chi connectivity index (χ4v) is 1.53. The summed E-state index contributed by atoms with van der Waals surface area (Å²) in [4.78, 5) is 0. The van der Waals surface area contributed by atoms with Crippen LogP contribution in [0.25, 0.3) is 0 Å². The summed E-state index contributed by atoms with van der Waals surface area (Å²) in [5.41, 5.74) is 0. The molecule has 2 rings (SSSR count). The Kier molecular flexibility index (Phi) is 1.68. The second-order valence-electron chi connectivity index (χ2n) is 3.26. The van der Waals surface area contributed by atoms with Crippen LogP contribution < -0.4 is 0 Å². The molecule has 1 aromatic rings. The lowest BCUT2D eigenvalue weighted by Crippen LogP contribution is -1.74. The Morgan fingerprint density at radius 1 is 1.64 bits per heavy atom. The first-order chi connectivity index (χ1) is 5.31. The third kappa shape index (κ3) is 1.30. The molecule has 0 radical (unpaired) electrons. The molecule has 0 spiro atoms. The zero-order valence-electron chi connectivity index (χ0n) is 6.51. The summed E-state index contributed by atoms with van der Waals surface area (Å²) in [6.07, 6.45) is 1.27. The van der Waals surface area contributed by atoms with Gasteiger partial charge in [0.25, 0.3) is 0 Å². The Morgan fingerprint density at radius 3 is 2.82 bits per heavy atom. The van der Waals surface area contributed by atoms with Crippen molar-refractivity contribution in [3.63, 3.8) is 0 Å². The van der Waals surface area contributed by atoms with E-state index in [2.05, 4.69) is 6.92 Å². The fourth-order valence-electron chi connectivity index (χ4n) is 1.38. The summed E-state index contributed by atoms with van der Waals surface area (Å²) < 4.78 is 5.50. The van der Waals surface area contributed by atoms with Gasteiger partial charge in [-0.3, -0.25) is 0 Å². The lowest BCUT2D eigenvalue weighted by atomic mass is 10.3. The minimum Gasteiger partial charge on any atom is -0.465 e. The lowest BCUT2D eigenvalue weighted by Gasteiger charge is -1.89. The van der Waals surface area contributed by atoms with Crippen LogP contribution in [0.5, 0.6) is 0 Å². The molecule has 1 nitrogen and oxygen atoms in total. The first kappa shape index (κ1) is 7.23. The molecule has 0 bridgehead atoms. The Morgan fingerprint density at radius 2 is 2.36 bits per heavy atom.